The summed E-state index contributed by atoms with van der Waals surface area (Å²) in [4.78, 5) is 14.2. The van der Waals surface area contributed by atoms with Gasteiger partial charge in [0.2, 0.25) is 0 Å². The molecule has 4 heteroatoms. The van der Waals surface area contributed by atoms with Crippen molar-refractivity contribution >= 4 is 6.09 Å². The first-order valence-corrected chi connectivity index (χ1v) is 8.68. The van der Waals surface area contributed by atoms with Gasteiger partial charge in [0, 0.05) is 25.7 Å². The van der Waals surface area contributed by atoms with E-state index in [1.165, 1.54) is 11.1 Å². The quantitative estimate of drug-likeness (QED) is 0.899. The van der Waals surface area contributed by atoms with Gasteiger partial charge in [0.25, 0.3) is 0 Å². The summed E-state index contributed by atoms with van der Waals surface area (Å²) in [5, 5.41) is 3.52. The van der Waals surface area contributed by atoms with Crippen molar-refractivity contribution in [2.75, 3.05) is 13.1 Å². The van der Waals surface area contributed by atoms with Gasteiger partial charge in [-0.1, -0.05) is 31.2 Å². The highest BCUT2D eigenvalue weighted by Crippen LogP contribution is 2.20. The van der Waals surface area contributed by atoms with E-state index in [9.17, 15) is 4.79 Å². The van der Waals surface area contributed by atoms with Gasteiger partial charge in [-0.25, -0.2) is 4.79 Å². The number of aryl methyl sites for hydroxylation is 1. The predicted octanol–water partition coefficient (Wildman–Crippen LogP) is 3.74. The highest BCUT2D eigenvalue weighted by atomic mass is 16.6. The smallest absolute Gasteiger partial charge is 0.410 e. The molecule has 0 saturated carbocycles. The van der Waals surface area contributed by atoms with Crippen LogP contribution in [-0.4, -0.2) is 35.7 Å². The molecule has 4 nitrogen and oxygen atoms in total. The zero-order valence-corrected chi connectivity index (χ0v) is 14.9. The second-order valence-corrected chi connectivity index (χ2v) is 7.22. The van der Waals surface area contributed by atoms with Crippen LogP contribution in [0, 0.1) is 0 Å². The zero-order valence-electron chi connectivity index (χ0n) is 14.9. The minimum Gasteiger partial charge on any atom is -0.444 e. The van der Waals surface area contributed by atoms with E-state index in [0.717, 1.165) is 38.9 Å². The third kappa shape index (κ3) is 5.24. The number of hydrogen-bond acceptors (Lipinski definition) is 3. The van der Waals surface area contributed by atoms with Gasteiger partial charge in [0.1, 0.15) is 5.60 Å². The molecule has 0 aliphatic carbocycles. The normalized spacial score (nSPS) is 18.3. The number of nitrogens with one attached hydrogen (secondary N) is 1. The molecule has 23 heavy (non-hydrogen) atoms. The van der Waals surface area contributed by atoms with Gasteiger partial charge in [-0.2, -0.15) is 0 Å². The Labute approximate surface area is 140 Å². The highest BCUT2D eigenvalue weighted by Gasteiger charge is 2.31. The molecule has 1 atom stereocenters. The molecule has 0 bridgehead atoms. The summed E-state index contributed by atoms with van der Waals surface area (Å²) in [6, 6.07) is 8.76. The Kier molecular flexibility index (Phi) is 6.05. The molecule has 1 aromatic rings. The fourth-order valence-electron chi connectivity index (χ4n) is 3.06. The molecule has 0 spiro atoms. The SMILES string of the molecule is CCc1ccccc1CNCC1CCCN1C(=O)OC(C)(C)C. The fraction of sp³-hybridized carbons (Fsp3) is 0.632. The molecule has 2 rings (SSSR count). The van der Waals surface area contributed by atoms with Gasteiger partial charge in [-0.3, -0.25) is 0 Å². The van der Waals surface area contributed by atoms with E-state index in [1.807, 2.05) is 25.7 Å². The van der Waals surface area contributed by atoms with Crippen molar-refractivity contribution < 1.29 is 9.53 Å². The first-order chi connectivity index (χ1) is 10.9. The Morgan fingerprint density at radius 2 is 2.00 bits per heavy atom. The van der Waals surface area contributed by atoms with Crippen molar-refractivity contribution in [1.82, 2.24) is 10.2 Å². The average Bonchev–Trinajstić information content (AvgIpc) is 2.94. The summed E-state index contributed by atoms with van der Waals surface area (Å²) < 4.78 is 5.51. The number of benzene rings is 1. The number of hydrogen-bond donors (Lipinski definition) is 1. The van der Waals surface area contributed by atoms with Gasteiger partial charge in [0.15, 0.2) is 0 Å². The summed E-state index contributed by atoms with van der Waals surface area (Å²) in [7, 11) is 0. The van der Waals surface area contributed by atoms with Crippen molar-refractivity contribution in [3.05, 3.63) is 35.4 Å². The van der Waals surface area contributed by atoms with Gasteiger partial charge < -0.3 is 15.0 Å². The summed E-state index contributed by atoms with van der Waals surface area (Å²) in [5.41, 5.74) is 2.30. The van der Waals surface area contributed by atoms with Crippen molar-refractivity contribution in [2.45, 2.75) is 65.1 Å². The molecule has 0 aromatic heterocycles. The average molecular weight is 318 g/mol. The molecule has 1 aromatic carbocycles. The third-order valence-corrected chi connectivity index (χ3v) is 4.20. The van der Waals surface area contributed by atoms with Crippen LogP contribution < -0.4 is 5.32 Å². The standard InChI is InChI=1S/C19H30N2O2/c1-5-15-9-6-7-10-16(15)13-20-14-17-11-8-12-21(17)18(22)23-19(2,3)4/h6-7,9-10,17,20H,5,8,11-14H2,1-4H3. The minimum absolute atomic E-state index is 0.184. The molecule has 1 unspecified atom stereocenters. The monoisotopic (exact) mass is 318 g/mol. The van der Waals surface area contributed by atoms with Crippen LogP contribution in [0.5, 0.6) is 0 Å². The Morgan fingerprint density at radius 3 is 2.65 bits per heavy atom. The molecule has 1 aliphatic rings. The first kappa shape index (κ1) is 17.8. The third-order valence-electron chi connectivity index (χ3n) is 4.20. The lowest BCUT2D eigenvalue weighted by Crippen LogP contribution is -2.44. The number of amides is 1. The molecule has 1 N–H and O–H groups in total. The van der Waals surface area contributed by atoms with E-state index < -0.39 is 5.60 Å². The zero-order chi connectivity index (χ0) is 16.9. The first-order valence-electron chi connectivity index (χ1n) is 8.68. The van der Waals surface area contributed by atoms with Crippen LogP contribution in [0.3, 0.4) is 0 Å². The molecule has 1 amide bonds. The molecule has 0 radical (unpaired) electrons. The van der Waals surface area contributed by atoms with Crippen molar-refractivity contribution in [2.24, 2.45) is 0 Å². The predicted molar refractivity (Wildman–Crippen MR) is 93.5 cm³/mol. The summed E-state index contributed by atoms with van der Waals surface area (Å²) in [6.07, 6.45) is 2.96. The van der Waals surface area contributed by atoms with E-state index in [4.69, 9.17) is 4.74 Å². The molecular formula is C19H30N2O2. The van der Waals surface area contributed by atoms with Crippen LogP contribution in [0.4, 0.5) is 4.79 Å². The van der Waals surface area contributed by atoms with Crippen molar-refractivity contribution in [1.29, 1.82) is 0 Å². The lowest BCUT2D eigenvalue weighted by Gasteiger charge is -2.28. The van der Waals surface area contributed by atoms with Crippen LogP contribution in [0.15, 0.2) is 24.3 Å². The molecular weight excluding hydrogens is 288 g/mol. The van der Waals surface area contributed by atoms with E-state index >= 15 is 0 Å². The maximum Gasteiger partial charge on any atom is 0.410 e. The number of carbonyl (C=O) groups excluding carboxylic acids is 1. The lowest BCUT2D eigenvalue weighted by atomic mass is 10.1. The largest absolute Gasteiger partial charge is 0.444 e. The molecule has 1 fully saturated rings. The number of likely N-dealkylation sites (tertiary alicyclic amines) is 1. The topological polar surface area (TPSA) is 41.6 Å². The fourth-order valence-corrected chi connectivity index (χ4v) is 3.06. The number of rotatable bonds is 5. The van der Waals surface area contributed by atoms with E-state index in [2.05, 4.69) is 36.5 Å². The summed E-state index contributed by atoms with van der Waals surface area (Å²) >= 11 is 0. The van der Waals surface area contributed by atoms with Crippen LogP contribution in [0.2, 0.25) is 0 Å². The maximum absolute atomic E-state index is 12.3. The molecule has 128 valence electrons. The molecule has 1 heterocycles. The van der Waals surface area contributed by atoms with Gasteiger partial charge in [0.05, 0.1) is 0 Å². The van der Waals surface area contributed by atoms with Crippen LogP contribution in [-0.2, 0) is 17.7 Å². The Hall–Kier alpha value is -1.55. The number of nitrogens with zero attached hydrogens (tertiary/aromatic N) is 1. The molecule has 1 aliphatic heterocycles. The number of ether oxygens (including phenoxy) is 1. The van der Waals surface area contributed by atoms with Crippen LogP contribution >= 0.6 is 0 Å². The van der Waals surface area contributed by atoms with Crippen LogP contribution in [0.1, 0.15) is 51.7 Å². The second kappa shape index (κ2) is 7.82. The number of carbonyl (C=O) groups is 1. The van der Waals surface area contributed by atoms with Crippen LogP contribution in [0.25, 0.3) is 0 Å². The Bertz CT molecular complexity index is 522. The summed E-state index contributed by atoms with van der Waals surface area (Å²) in [6.45, 7) is 10.4. The lowest BCUT2D eigenvalue weighted by molar-refractivity contribution is 0.0226. The van der Waals surface area contributed by atoms with Crippen molar-refractivity contribution in [3.8, 4) is 0 Å². The van der Waals surface area contributed by atoms with Gasteiger partial charge >= 0.3 is 6.09 Å². The summed E-state index contributed by atoms with van der Waals surface area (Å²) in [5.74, 6) is 0. The molecule has 1 saturated heterocycles. The van der Waals surface area contributed by atoms with E-state index in [-0.39, 0.29) is 12.1 Å². The van der Waals surface area contributed by atoms with E-state index in [1.54, 1.807) is 0 Å². The van der Waals surface area contributed by atoms with Gasteiger partial charge in [-0.15, -0.1) is 0 Å². The Morgan fingerprint density at radius 1 is 1.30 bits per heavy atom. The minimum atomic E-state index is -0.433. The second-order valence-electron chi connectivity index (χ2n) is 7.22. The highest BCUT2D eigenvalue weighted by molar-refractivity contribution is 5.69. The van der Waals surface area contributed by atoms with Gasteiger partial charge in [-0.05, 0) is 51.2 Å². The maximum atomic E-state index is 12.3. The van der Waals surface area contributed by atoms with Crippen molar-refractivity contribution in [3.63, 3.8) is 0 Å². The Balaban J connectivity index is 1.86. The van der Waals surface area contributed by atoms with E-state index in [0.29, 0.717) is 0 Å².